The van der Waals surface area contributed by atoms with Crippen LogP contribution in [0.25, 0.3) is 27.6 Å². The number of hydrogen-bond donors (Lipinski definition) is 1. The summed E-state index contributed by atoms with van der Waals surface area (Å²) in [4.78, 5) is 21.2. The number of aryl methyl sites for hydroxylation is 1. The van der Waals surface area contributed by atoms with Gasteiger partial charge in [-0.2, -0.15) is 0 Å². The van der Waals surface area contributed by atoms with E-state index in [2.05, 4.69) is 15.1 Å². The molecule has 0 unspecified atom stereocenters. The van der Waals surface area contributed by atoms with Gasteiger partial charge in [0.1, 0.15) is 0 Å². The SMILES string of the molecule is Cc1ccc2c(ncc3c(=O)n(-c4ccc(Cl)cc4)[nH]c32)n1. The minimum Gasteiger partial charge on any atom is -0.289 e. The number of halogens is 1. The Hall–Kier alpha value is -2.66. The van der Waals surface area contributed by atoms with Gasteiger partial charge in [-0.1, -0.05) is 11.6 Å². The van der Waals surface area contributed by atoms with Crippen molar-refractivity contribution in [3.63, 3.8) is 0 Å². The Bertz CT molecular complexity index is 1060. The molecule has 6 heteroatoms. The fourth-order valence-corrected chi connectivity index (χ4v) is 2.64. The molecule has 0 atom stereocenters. The maximum atomic E-state index is 12.6. The highest BCUT2D eigenvalue weighted by molar-refractivity contribution is 6.30. The number of benzene rings is 1. The van der Waals surface area contributed by atoms with E-state index in [1.165, 1.54) is 4.68 Å². The molecule has 0 saturated heterocycles. The summed E-state index contributed by atoms with van der Waals surface area (Å²) < 4.78 is 1.49. The quantitative estimate of drug-likeness (QED) is 0.587. The van der Waals surface area contributed by atoms with E-state index in [-0.39, 0.29) is 5.56 Å². The second-order valence-electron chi connectivity index (χ2n) is 5.10. The molecule has 0 spiro atoms. The fourth-order valence-electron chi connectivity index (χ4n) is 2.51. The van der Waals surface area contributed by atoms with Crippen molar-refractivity contribution in [3.05, 3.63) is 63.7 Å². The van der Waals surface area contributed by atoms with Crippen molar-refractivity contribution in [1.29, 1.82) is 0 Å². The van der Waals surface area contributed by atoms with Crippen LogP contribution in [-0.4, -0.2) is 19.7 Å². The first-order valence-corrected chi connectivity index (χ1v) is 7.14. The van der Waals surface area contributed by atoms with E-state index in [0.717, 1.165) is 22.3 Å². The first kappa shape index (κ1) is 13.0. The minimum atomic E-state index is -0.146. The van der Waals surface area contributed by atoms with Crippen molar-refractivity contribution >= 4 is 33.5 Å². The Morgan fingerprint density at radius 2 is 1.86 bits per heavy atom. The highest BCUT2D eigenvalue weighted by Crippen LogP contribution is 2.20. The number of nitrogens with zero attached hydrogens (tertiary/aromatic N) is 3. The van der Waals surface area contributed by atoms with Crippen LogP contribution in [0.15, 0.2) is 47.4 Å². The molecular weight excluding hydrogens is 300 g/mol. The van der Waals surface area contributed by atoms with Gasteiger partial charge in [0.25, 0.3) is 5.56 Å². The lowest BCUT2D eigenvalue weighted by Gasteiger charge is -2.01. The molecular formula is C16H11ClN4O. The maximum absolute atomic E-state index is 12.6. The molecule has 0 aliphatic heterocycles. The predicted octanol–water partition coefficient (Wildman–Crippen LogP) is 3.22. The number of rotatable bonds is 1. The van der Waals surface area contributed by atoms with Gasteiger partial charge in [0.15, 0.2) is 5.65 Å². The van der Waals surface area contributed by atoms with Crippen LogP contribution in [0.3, 0.4) is 0 Å². The summed E-state index contributed by atoms with van der Waals surface area (Å²) >= 11 is 5.89. The maximum Gasteiger partial charge on any atom is 0.280 e. The number of pyridine rings is 2. The number of aromatic amines is 1. The third kappa shape index (κ3) is 1.90. The van der Waals surface area contributed by atoms with E-state index in [4.69, 9.17) is 11.6 Å². The monoisotopic (exact) mass is 310 g/mol. The second-order valence-corrected chi connectivity index (χ2v) is 5.54. The highest BCUT2D eigenvalue weighted by atomic mass is 35.5. The molecule has 0 aliphatic carbocycles. The van der Waals surface area contributed by atoms with Crippen LogP contribution in [0.1, 0.15) is 5.69 Å². The van der Waals surface area contributed by atoms with Gasteiger partial charge >= 0.3 is 0 Å². The molecule has 3 heterocycles. The van der Waals surface area contributed by atoms with E-state index in [0.29, 0.717) is 16.1 Å². The van der Waals surface area contributed by atoms with Gasteiger partial charge in [0.2, 0.25) is 0 Å². The largest absolute Gasteiger partial charge is 0.289 e. The van der Waals surface area contributed by atoms with Crippen molar-refractivity contribution in [3.8, 4) is 5.69 Å². The average molecular weight is 311 g/mol. The van der Waals surface area contributed by atoms with Crippen molar-refractivity contribution in [1.82, 2.24) is 19.7 Å². The molecule has 1 aromatic carbocycles. The van der Waals surface area contributed by atoms with Gasteiger partial charge in [-0.25, -0.2) is 14.6 Å². The van der Waals surface area contributed by atoms with Crippen LogP contribution in [0, 0.1) is 6.92 Å². The minimum absolute atomic E-state index is 0.146. The average Bonchev–Trinajstić information content (AvgIpc) is 2.85. The van der Waals surface area contributed by atoms with Crippen molar-refractivity contribution in [2.45, 2.75) is 6.92 Å². The van der Waals surface area contributed by atoms with E-state index in [9.17, 15) is 4.79 Å². The van der Waals surface area contributed by atoms with Crippen LogP contribution in [0.5, 0.6) is 0 Å². The lowest BCUT2D eigenvalue weighted by atomic mass is 10.2. The van der Waals surface area contributed by atoms with Gasteiger partial charge in [0, 0.05) is 22.3 Å². The normalized spacial score (nSPS) is 11.4. The zero-order valence-electron chi connectivity index (χ0n) is 11.7. The summed E-state index contributed by atoms with van der Waals surface area (Å²) in [6.07, 6.45) is 1.56. The van der Waals surface area contributed by atoms with E-state index < -0.39 is 0 Å². The fraction of sp³-hybridized carbons (Fsp3) is 0.0625. The molecule has 4 rings (SSSR count). The van der Waals surface area contributed by atoms with E-state index in [1.807, 2.05) is 19.1 Å². The third-order valence-electron chi connectivity index (χ3n) is 3.61. The molecule has 3 aromatic heterocycles. The summed E-state index contributed by atoms with van der Waals surface area (Å²) in [5.74, 6) is 0. The van der Waals surface area contributed by atoms with Gasteiger partial charge in [-0.05, 0) is 43.3 Å². The first-order chi connectivity index (χ1) is 10.6. The highest BCUT2D eigenvalue weighted by Gasteiger charge is 2.12. The Balaban J connectivity index is 2.06. The second kappa shape index (κ2) is 4.68. The third-order valence-corrected chi connectivity index (χ3v) is 3.86. The van der Waals surface area contributed by atoms with Crippen LogP contribution in [-0.2, 0) is 0 Å². The Morgan fingerprint density at radius 3 is 2.64 bits per heavy atom. The molecule has 1 N–H and O–H groups in total. The summed E-state index contributed by atoms with van der Waals surface area (Å²) in [7, 11) is 0. The molecule has 22 heavy (non-hydrogen) atoms. The number of nitrogens with one attached hydrogen (secondary N) is 1. The van der Waals surface area contributed by atoms with Crippen molar-refractivity contribution < 1.29 is 0 Å². The molecule has 0 bridgehead atoms. The molecule has 0 amide bonds. The molecule has 0 saturated carbocycles. The molecule has 4 aromatic rings. The van der Waals surface area contributed by atoms with Crippen LogP contribution < -0.4 is 5.56 Å². The molecule has 0 aliphatic rings. The van der Waals surface area contributed by atoms with E-state index in [1.54, 1.807) is 30.5 Å². The number of aromatic nitrogens is 4. The van der Waals surface area contributed by atoms with Crippen LogP contribution in [0.4, 0.5) is 0 Å². The molecule has 108 valence electrons. The number of hydrogen-bond acceptors (Lipinski definition) is 3. The lowest BCUT2D eigenvalue weighted by molar-refractivity contribution is 0.864. The zero-order valence-corrected chi connectivity index (χ0v) is 12.4. The summed E-state index contributed by atoms with van der Waals surface area (Å²) in [6, 6.07) is 10.9. The smallest absolute Gasteiger partial charge is 0.280 e. The van der Waals surface area contributed by atoms with Crippen LogP contribution >= 0.6 is 11.6 Å². The Labute approximate surface area is 130 Å². The standard InChI is InChI=1S/C16H11ClN4O/c1-9-2-7-12-14-13(8-18-15(12)19-9)16(22)21(20-14)11-5-3-10(17)4-6-11/h2-8,20H,1H3. The Morgan fingerprint density at radius 1 is 1.09 bits per heavy atom. The topological polar surface area (TPSA) is 63.6 Å². The van der Waals surface area contributed by atoms with Gasteiger partial charge in [-0.3, -0.25) is 9.89 Å². The van der Waals surface area contributed by atoms with Crippen molar-refractivity contribution in [2.24, 2.45) is 0 Å². The molecule has 0 radical (unpaired) electrons. The zero-order chi connectivity index (χ0) is 15.3. The summed E-state index contributed by atoms with van der Waals surface area (Å²) in [5.41, 5.74) is 2.82. The van der Waals surface area contributed by atoms with Crippen LogP contribution in [0.2, 0.25) is 5.02 Å². The Kier molecular flexibility index (Phi) is 2.77. The summed E-state index contributed by atoms with van der Waals surface area (Å²) in [6.45, 7) is 1.91. The van der Waals surface area contributed by atoms with Gasteiger partial charge in [-0.15, -0.1) is 0 Å². The van der Waals surface area contributed by atoms with Crippen molar-refractivity contribution in [2.75, 3.05) is 0 Å². The summed E-state index contributed by atoms with van der Waals surface area (Å²) in [5, 5.41) is 5.13. The molecule has 5 nitrogen and oxygen atoms in total. The van der Waals surface area contributed by atoms with E-state index >= 15 is 0 Å². The number of fused-ring (bicyclic) bond motifs is 3. The van der Waals surface area contributed by atoms with Gasteiger partial charge in [0.05, 0.1) is 16.6 Å². The molecule has 0 fully saturated rings. The van der Waals surface area contributed by atoms with Gasteiger partial charge < -0.3 is 0 Å². The first-order valence-electron chi connectivity index (χ1n) is 6.76. The number of H-pyrrole nitrogens is 1. The predicted molar refractivity (Wildman–Crippen MR) is 86.7 cm³/mol. The lowest BCUT2D eigenvalue weighted by Crippen LogP contribution is -2.13.